The van der Waals surface area contributed by atoms with Crippen LogP contribution in [0.4, 0.5) is 0 Å². The third-order valence-corrected chi connectivity index (χ3v) is 3.25. The van der Waals surface area contributed by atoms with Crippen molar-refractivity contribution in [3.8, 4) is 11.3 Å². The van der Waals surface area contributed by atoms with Crippen LogP contribution in [0.15, 0.2) is 40.8 Å². The summed E-state index contributed by atoms with van der Waals surface area (Å²) in [4.78, 5) is 25.1. The van der Waals surface area contributed by atoms with Gasteiger partial charge in [0.25, 0.3) is 5.91 Å². The number of aldehydes is 1. The van der Waals surface area contributed by atoms with E-state index in [4.69, 9.17) is 4.42 Å². The van der Waals surface area contributed by atoms with E-state index in [2.05, 4.69) is 10.2 Å². The predicted molar refractivity (Wildman–Crippen MR) is 85.0 cm³/mol. The molecule has 2 aromatic rings. The molecule has 0 aliphatic rings. The van der Waals surface area contributed by atoms with Gasteiger partial charge in [-0.1, -0.05) is 18.2 Å². The molecule has 116 valence electrons. The summed E-state index contributed by atoms with van der Waals surface area (Å²) in [5.74, 6) is 0.621. The summed E-state index contributed by atoms with van der Waals surface area (Å²) in [6.07, 6.45) is 1.53. The number of furan rings is 1. The van der Waals surface area contributed by atoms with E-state index in [-0.39, 0.29) is 11.7 Å². The molecule has 0 saturated heterocycles. The smallest absolute Gasteiger partial charge is 0.252 e. The summed E-state index contributed by atoms with van der Waals surface area (Å²) in [5.41, 5.74) is 1.22. The van der Waals surface area contributed by atoms with E-state index in [1.165, 1.54) is 0 Å². The van der Waals surface area contributed by atoms with Crippen LogP contribution in [0.3, 0.4) is 0 Å². The monoisotopic (exact) mass is 300 g/mol. The molecule has 0 fully saturated rings. The molecule has 0 aliphatic carbocycles. The molecule has 22 heavy (non-hydrogen) atoms. The molecule has 1 N–H and O–H groups in total. The SMILES string of the molecule is CN(C)CCCNC(=O)c1ccccc1-c1ccc(C=O)o1. The Morgan fingerprint density at radius 3 is 2.68 bits per heavy atom. The molecule has 0 unspecified atom stereocenters. The van der Waals surface area contributed by atoms with Gasteiger partial charge in [0, 0.05) is 12.1 Å². The number of amides is 1. The zero-order valence-corrected chi connectivity index (χ0v) is 12.8. The van der Waals surface area contributed by atoms with Crippen LogP contribution in [0.1, 0.15) is 27.3 Å². The van der Waals surface area contributed by atoms with E-state index in [0.717, 1.165) is 13.0 Å². The van der Waals surface area contributed by atoms with Gasteiger partial charge >= 0.3 is 0 Å². The Labute approximate surface area is 129 Å². The topological polar surface area (TPSA) is 62.6 Å². The van der Waals surface area contributed by atoms with E-state index in [0.29, 0.717) is 29.7 Å². The third kappa shape index (κ3) is 4.05. The fraction of sp³-hybridized carbons (Fsp3) is 0.294. The van der Waals surface area contributed by atoms with Crippen molar-refractivity contribution in [2.45, 2.75) is 6.42 Å². The minimum absolute atomic E-state index is 0.140. The van der Waals surface area contributed by atoms with Gasteiger partial charge in [-0.05, 0) is 45.3 Å². The normalized spacial score (nSPS) is 10.7. The van der Waals surface area contributed by atoms with Gasteiger partial charge < -0.3 is 14.6 Å². The van der Waals surface area contributed by atoms with Gasteiger partial charge in [0.1, 0.15) is 5.76 Å². The highest BCUT2D eigenvalue weighted by atomic mass is 16.3. The van der Waals surface area contributed by atoms with Gasteiger partial charge in [0.2, 0.25) is 0 Å². The highest BCUT2D eigenvalue weighted by Gasteiger charge is 2.14. The van der Waals surface area contributed by atoms with Gasteiger partial charge in [0.15, 0.2) is 12.0 Å². The van der Waals surface area contributed by atoms with E-state index in [1.807, 2.05) is 32.3 Å². The summed E-state index contributed by atoms with van der Waals surface area (Å²) in [5, 5.41) is 2.91. The number of carbonyl (C=O) groups is 2. The Morgan fingerprint density at radius 2 is 2.00 bits per heavy atom. The largest absolute Gasteiger partial charge is 0.453 e. The number of carbonyl (C=O) groups excluding carboxylic acids is 2. The maximum absolute atomic E-state index is 12.3. The first-order valence-electron chi connectivity index (χ1n) is 7.19. The average Bonchev–Trinajstić information content (AvgIpc) is 3.00. The molecule has 5 heteroatoms. The van der Waals surface area contributed by atoms with E-state index in [1.54, 1.807) is 18.2 Å². The zero-order chi connectivity index (χ0) is 15.9. The van der Waals surface area contributed by atoms with Crippen LogP contribution in [-0.2, 0) is 0 Å². The fourth-order valence-electron chi connectivity index (χ4n) is 2.15. The fourth-order valence-corrected chi connectivity index (χ4v) is 2.15. The highest BCUT2D eigenvalue weighted by Crippen LogP contribution is 2.25. The van der Waals surface area contributed by atoms with Crippen molar-refractivity contribution in [3.63, 3.8) is 0 Å². The van der Waals surface area contributed by atoms with Gasteiger partial charge in [-0.2, -0.15) is 0 Å². The number of rotatable bonds is 7. The zero-order valence-electron chi connectivity index (χ0n) is 12.8. The number of nitrogens with one attached hydrogen (secondary N) is 1. The van der Waals surface area contributed by atoms with Crippen LogP contribution in [0.5, 0.6) is 0 Å². The van der Waals surface area contributed by atoms with Crippen LogP contribution in [0.2, 0.25) is 0 Å². The molecule has 5 nitrogen and oxygen atoms in total. The minimum Gasteiger partial charge on any atom is -0.453 e. The van der Waals surface area contributed by atoms with Crippen LogP contribution >= 0.6 is 0 Å². The van der Waals surface area contributed by atoms with Crippen molar-refractivity contribution in [1.29, 1.82) is 0 Å². The molecule has 2 rings (SSSR count). The standard InChI is InChI=1S/C17H20N2O3/c1-19(2)11-5-10-18-17(21)15-7-4-3-6-14(15)16-9-8-13(12-20)22-16/h3-4,6-9,12H,5,10-11H2,1-2H3,(H,18,21). The Bertz CT molecular complexity index is 647. The van der Waals surface area contributed by atoms with Crippen LogP contribution < -0.4 is 5.32 Å². The molecule has 1 aromatic carbocycles. The van der Waals surface area contributed by atoms with Gasteiger partial charge in [-0.3, -0.25) is 9.59 Å². The van der Waals surface area contributed by atoms with Crippen LogP contribution in [0.25, 0.3) is 11.3 Å². The summed E-state index contributed by atoms with van der Waals surface area (Å²) in [6, 6.07) is 10.5. The third-order valence-electron chi connectivity index (χ3n) is 3.25. The summed E-state index contributed by atoms with van der Waals surface area (Å²) >= 11 is 0. The molecule has 0 saturated carbocycles. The number of nitrogens with zero attached hydrogens (tertiary/aromatic N) is 1. The van der Waals surface area contributed by atoms with Gasteiger partial charge in [-0.25, -0.2) is 0 Å². The first kappa shape index (κ1) is 16.0. The lowest BCUT2D eigenvalue weighted by Crippen LogP contribution is -2.27. The lowest BCUT2D eigenvalue weighted by molar-refractivity contribution is 0.0952. The number of hydrogen-bond donors (Lipinski definition) is 1. The minimum atomic E-state index is -0.140. The Kier molecular flexibility index (Phi) is 5.49. The van der Waals surface area contributed by atoms with Crippen molar-refractivity contribution in [2.75, 3.05) is 27.2 Å². The van der Waals surface area contributed by atoms with Crippen LogP contribution in [0, 0.1) is 0 Å². The molecular weight excluding hydrogens is 280 g/mol. The van der Waals surface area contributed by atoms with E-state index >= 15 is 0 Å². The first-order chi connectivity index (χ1) is 10.6. The second-order valence-electron chi connectivity index (χ2n) is 5.28. The predicted octanol–water partition coefficient (Wildman–Crippen LogP) is 2.44. The van der Waals surface area contributed by atoms with Gasteiger partial charge in [-0.15, -0.1) is 0 Å². The highest BCUT2D eigenvalue weighted by molar-refractivity contribution is 6.00. The van der Waals surface area contributed by atoms with Crippen molar-refractivity contribution >= 4 is 12.2 Å². The van der Waals surface area contributed by atoms with Crippen molar-refractivity contribution in [1.82, 2.24) is 10.2 Å². The number of benzene rings is 1. The van der Waals surface area contributed by atoms with Crippen molar-refractivity contribution in [3.05, 3.63) is 47.7 Å². The second-order valence-corrected chi connectivity index (χ2v) is 5.28. The first-order valence-corrected chi connectivity index (χ1v) is 7.19. The quantitative estimate of drug-likeness (QED) is 0.630. The molecule has 0 aliphatic heterocycles. The second kappa shape index (κ2) is 7.56. The lowest BCUT2D eigenvalue weighted by atomic mass is 10.0. The summed E-state index contributed by atoms with van der Waals surface area (Å²) < 4.78 is 5.41. The molecular formula is C17H20N2O3. The lowest BCUT2D eigenvalue weighted by Gasteiger charge is -2.11. The number of hydrogen-bond acceptors (Lipinski definition) is 4. The van der Waals surface area contributed by atoms with E-state index < -0.39 is 0 Å². The summed E-state index contributed by atoms with van der Waals surface area (Å²) in [7, 11) is 4.00. The molecule has 0 bridgehead atoms. The Balaban J connectivity index is 2.10. The maximum Gasteiger partial charge on any atom is 0.252 e. The van der Waals surface area contributed by atoms with Crippen molar-refractivity contribution in [2.24, 2.45) is 0 Å². The molecule has 1 amide bonds. The Morgan fingerprint density at radius 1 is 1.23 bits per heavy atom. The molecule has 1 aromatic heterocycles. The van der Waals surface area contributed by atoms with Gasteiger partial charge in [0.05, 0.1) is 5.56 Å². The molecule has 1 heterocycles. The summed E-state index contributed by atoms with van der Waals surface area (Å²) in [6.45, 7) is 1.53. The van der Waals surface area contributed by atoms with Crippen LogP contribution in [-0.4, -0.2) is 44.3 Å². The molecule has 0 atom stereocenters. The Hall–Kier alpha value is -2.40. The molecule has 0 spiro atoms. The maximum atomic E-state index is 12.3. The van der Waals surface area contributed by atoms with E-state index in [9.17, 15) is 9.59 Å². The molecule has 0 radical (unpaired) electrons. The average molecular weight is 300 g/mol. The van der Waals surface area contributed by atoms with Crippen molar-refractivity contribution < 1.29 is 14.0 Å².